The zero-order valence-corrected chi connectivity index (χ0v) is 13.4. The normalized spacial score (nSPS) is 11.9. The third-order valence-corrected chi connectivity index (χ3v) is 3.39. The van der Waals surface area contributed by atoms with Crippen molar-refractivity contribution in [2.24, 2.45) is 0 Å². The highest BCUT2D eigenvalue weighted by atomic mass is 16.6. The number of nitrogens with one attached hydrogen (secondary N) is 1. The molecule has 0 heterocycles. The van der Waals surface area contributed by atoms with Gasteiger partial charge >= 0.3 is 5.97 Å². The molecule has 4 heteroatoms. The molecule has 0 saturated carbocycles. The zero-order chi connectivity index (χ0) is 16.3. The molecular weight excluding hydrogens is 290 g/mol. The summed E-state index contributed by atoms with van der Waals surface area (Å²) >= 11 is 0. The Balaban J connectivity index is 1.76. The lowest BCUT2D eigenvalue weighted by atomic mass is 10.2. The quantitative estimate of drug-likeness (QED) is 0.566. The molecule has 1 atom stereocenters. The van der Waals surface area contributed by atoms with Crippen LogP contribution in [0.5, 0.6) is 0 Å². The molecule has 1 N–H and O–H groups in total. The monoisotopic (exact) mass is 313 g/mol. The first kappa shape index (κ1) is 17.2. The number of carbonyl (C=O) groups excluding carboxylic acids is 1. The Kier molecular flexibility index (Phi) is 7.30. The van der Waals surface area contributed by atoms with Crippen LogP contribution in [0.15, 0.2) is 60.7 Å². The first-order valence-corrected chi connectivity index (χ1v) is 7.93. The Morgan fingerprint density at radius 3 is 2.35 bits per heavy atom. The average molecular weight is 313 g/mol. The molecule has 2 rings (SSSR count). The predicted octanol–water partition coefficient (Wildman–Crippen LogP) is 3.73. The molecule has 0 aliphatic heterocycles. The molecule has 0 aromatic heterocycles. The highest BCUT2D eigenvalue weighted by Gasteiger charge is 2.12. The Hall–Kier alpha value is -2.17. The van der Waals surface area contributed by atoms with Crippen molar-refractivity contribution in [3.8, 4) is 0 Å². The third kappa shape index (κ3) is 6.22. The van der Waals surface area contributed by atoms with E-state index in [4.69, 9.17) is 9.57 Å². The minimum atomic E-state index is -0.309. The fraction of sp³-hybridized carbons (Fsp3) is 0.316. The predicted molar refractivity (Wildman–Crippen MR) is 89.8 cm³/mol. The summed E-state index contributed by atoms with van der Waals surface area (Å²) in [7, 11) is 0. The van der Waals surface area contributed by atoms with Crippen LogP contribution in [-0.4, -0.2) is 18.6 Å². The van der Waals surface area contributed by atoms with E-state index in [1.807, 2.05) is 48.5 Å². The second kappa shape index (κ2) is 9.77. The summed E-state index contributed by atoms with van der Waals surface area (Å²) in [6.45, 7) is 2.86. The lowest BCUT2D eigenvalue weighted by Gasteiger charge is -2.18. The Bertz CT molecular complexity index is 572. The van der Waals surface area contributed by atoms with Gasteiger partial charge in [0, 0.05) is 0 Å². The third-order valence-electron chi connectivity index (χ3n) is 3.39. The summed E-state index contributed by atoms with van der Waals surface area (Å²) in [5.74, 6) is -0.309. The topological polar surface area (TPSA) is 47.6 Å². The van der Waals surface area contributed by atoms with Gasteiger partial charge in [0.05, 0.1) is 18.2 Å². The molecule has 0 radical (unpaired) electrons. The highest BCUT2D eigenvalue weighted by Crippen LogP contribution is 2.05. The molecule has 0 saturated heterocycles. The van der Waals surface area contributed by atoms with Crippen LogP contribution in [0.2, 0.25) is 0 Å². The molecule has 0 aliphatic carbocycles. The Morgan fingerprint density at radius 1 is 1.04 bits per heavy atom. The molecule has 0 aliphatic rings. The molecule has 0 amide bonds. The summed E-state index contributed by atoms with van der Waals surface area (Å²) in [5.41, 5.74) is 4.66. The van der Waals surface area contributed by atoms with E-state index in [0.29, 0.717) is 12.2 Å². The van der Waals surface area contributed by atoms with Crippen molar-refractivity contribution in [2.45, 2.75) is 32.4 Å². The van der Waals surface area contributed by atoms with E-state index in [9.17, 15) is 4.79 Å². The molecule has 0 bridgehead atoms. The van der Waals surface area contributed by atoms with Gasteiger partial charge in [-0.1, -0.05) is 61.9 Å². The van der Waals surface area contributed by atoms with Gasteiger partial charge in [-0.05, 0) is 24.1 Å². The number of carbonyl (C=O) groups is 1. The second-order valence-corrected chi connectivity index (χ2v) is 5.34. The summed E-state index contributed by atoms with van der Waals surface area (Å²) < 4.78 is 5.36. The van der Waals surface area contributed by atoms with Gasteiger partial charge in [0.2, 0.25) is 0 Å². The maximum atomic E-state index is 12.0. The number of hydroxylamine groups is 1. The van der Waals surface area contributed by atoms with E-state index >= 15 is 0 Å². The number of esters is 1. The van der Waals surface area contributed by atoms with Crippen LogP contribution in [0, 0.1) is 0 Å². The molecule has 122 valence electrons. The van der Waals surface area contributed by atoms with E-state index in [1.165, 1.54) is 0 Å². The molecule has 2 aromatic rings. The maximum Gasteiger partial charge on any atom is 0.338 e. The summed E-state index contributed by atoms with van der Waals surface area (Å²) in [6, 6.07) is 18.9. The first-order valence-electron chi connectivity index (χ1n) is 7.93. The van der Waals surface area contributed by atoms with Gasteiger partial charge in [0.15, 0.2) is 0 Å². The van der Waals surface area contributed by atoms with E-state index in [-0.39, 0.29) is 18.6 Å². The van der Waals surface area contributed by atoms with Crippen LogP contribution in [0.1, 0.15) is 35.7 Å². The van der Waals surface area contributed by atoms with Crippen molar-refractivity contribution in [1.82, 2.24) is 5.48 Å². The van der Waals surface area contributed by atoms with E-state index in [1.54, 1.807) is 12.1 Å². The minimum Gasteiger partial charge on any atom is -0.460 e. The van der Waals surface area contributed by atoms with E-state index in [2.05, 4.69) is 12.4 Å². The molecule has 0 spiro atoms. The van der Waals surface area contributed by atoms with Gasteiger partial charge in [0.1, 0.15) is 6.61 Å². The number of hydrogen-bond donors (Lipinski definition) is 1. The molecule has 0 fully saturated rings. The van der Waals surface area contributed by atoms with Gasteiger partial charge in [-0.3, -0.25) is 4.84 Å². The summed E-state index contributed by atoms with van der Waals surface area (Å²) in [5, 5.41) is 0. The standard InChI is InChI=1S/C19H23NO3/c1-2-9-18(20-23-14-16-10-5-3-6-11-16)15-22-19(21)17-12-7-4-8-13-17/h3-8,10-13,18,20H,2,9,14-15H2,1H3. The van der Waals surface area contributed by atoms with Crippen LogP contribution in [0.3, 0.4) is 0 Å². The van der Waals surface area contributed by atoms with E-state index in [0.717, 1.165) is 18.4 Å². The SMILES string of the molecule is CCCC(COC(=O)c1ccccc1)NOCc1ccccc1. The smallest absolute Gasteiger partial charge is 0.338 e. The Labute approximate surface area is 137 Å². The van der Waals surface area contributed by atoms with Crippen molar-refractivity contribution in [3.63, 3.8) is 0 Å². The number of ether oxygens (including phenoxy) is 1. The molecular formula is C19H23NO3. The zero-order valence-electron chi connectivity index (χ0n) is 13.4. The van der Waals surface area contributed by atoms with Crippen LogP contribution in [0.25, 0.3) is 0 Å². The van der Waals surface area contributed by atoms with Crippen LogP contribution < -0.4 is 5.48 Å². The lowest BCUT2D eigenvalue weighted by molar-refractivity contribution is -0.0188. The van der Waals surface area contributed by atoms with Gasteiger partial charge in [-0.15, -0.1) is 0 Å². The van der Waals surface area contributed by atoms with Crippen molar-refractivity contribution < 1.29 is 14.4 Å². The van der Waals surface area contributed by atoms with Gasteiger partial charge < -0.3 is 4.74 Å². The van der Waals surface area contributed by atoms with Crippen LogP contribution >= 0.6 is 0 Å². The average Bonchev–Trinajstić information content (AvgIpc) is 2.61. The largest absolute Gasteiger partial charge is 0.460 e. The number of hydrogen-bond acceptors (Lipinski definition) is 4. The fourth-order valence-electron chi connectivity index (χ4n) is 2.18. The van der Waals surface area contributed by atoms with Crippen molar-refractivity contribution in [2.75, 3.05) is 6.61 Å². The Morgan fingerprint density at radius 2 is 1.70 bits per heavy atom. The van der Waals surface area contributed by atoms with Gasteiger partial charge in [-0.2, -0.15) is 5.48 Å². The van der Waals surface area contributed by atoms with Crippen LogP contribution in [-0.2, 0) is 16.2 Å². The number of rotatable bonds is 9. The van der Waals surface area contributed by atoms with Crippen molar-refractivity contribution >= 4 is 5.97 Å². The highest BCUT2D eigenvalue weighted by molar-refractivity contribution is 5.89. The molecule has 4 nitrogen and oxygen atoms in total. The summed E-state index contributed by atoms with van der Waals surface area (Å²) in [6.07, 6.45) is 1.85. The fourth-order valence-corrected chi connectivity index (χ4v) is 2.18. The maximum absolute atomic E-state index is 12.0. The molecule has 23 heavy (non-hydrogen) atoms. The van der Waals surface area contributed by atoms with Gasteiger partial charge in [0.25, 0.3) is 0 Å². The summed E-state index contributed by atoms with van der Waals surface area (Å²) in [4.78, 5) is 17.5. The first-order chi connectivity index (χ1) is 11.3. The van der Waals surface area contributed by atoms with Crippen molar-refractivity contribution in [3.05, 3.63) is 71.8 Å². The molecule has 2 aromatic carbocycles. The minimum absolute atomic E-state index is 0.0172. The van der Waals surface area contributed by atoms with Crippen LogP contribution in [0.4, 0.5) is 0 Å². The van der Waals surface area contributed by atoms with Gasteiger partial charge in [-0.25, -0.2) is 4.79 Å². The lowest BCUT2D eigenvalue weighted by Crippen LogP contribution is -2.34. The number of benzene rings is 2. The van der Waals surface area contributed by atoms with Crippen molar-refractivity contribution in [1.29, 1.82) is 0 Å². The van der Waals surface area contributed by atoms with E-state index < -0.39 is 0 Å². The second-order valence-electron chi connectivity index (χ2n) is 5.34. The molecule has 1 unspecified atom stereocenters.